The smallest absolute Gasteiger partial charge is 0.226 e. The van der Waals surface area contributed by atoms with Gasteiger partial charge in [0, 0.05) is 19.5 Å². The molecular formula is C26H35FN2O3. The third kappa shape index (κ3) is 8.71. The van der Waals surface area contributed by atoms with Crippen LogP contribution in [-0.4, -0.2) is 51.2 Å². The molecule has 174 valence electrons. The van der Waals surface area contributed by atoms with Crippen molar-refractivity contribution in [2.24, 2.45) is 0 Å². The Morgan fingerprint density at radius 1 is 1.03 bits per heavy atom. The standard InChI is InChI=1S/C26H35FN2O3/c1-4-29(26(30)10-5-8-21-11-14-23(27)15-12-21)19-7-18-28-17-6-9-22-13-16-24(31-2)25(20-22)32-3/h5,8,11-16,20,28H,4,6-7,9-10,17-19H2,1-3H3/b8-5+. The minimum Gasteiger partial charge on any atom is -0.493 e. The first kappa shape index (κ1) is 25.4. The molecule has 1 amide bonds. The predicted octanol–water partition coefficient (Wildman–Crippen LogP) is 4.71. The molecule has 0 bridgehead atoms. The summed E-state index contributed by atoms with van der Waals surface area (Å²) in [5, 5.41) is 3.46. The van der Waals surface area contributed by atoms with E-state index in [9.17, 15) is 9.18 Å². The summed E-state index contributed by atoms with van der Waals surface area (Å²) in [7, 11) is 3.29. The molecular weight excluding hydrogens is 407 g/mol. The number of aryl methyl sites for hydroxylation is 1. The summed E-state index contributed by atoms with van der Waals surface area (Å²) in [6.45, 7) is 5.24. The quantitative estimate of drug-likeness (QED) is 0.431. The summed E-state index contributed by atoms with van der Waals surface area (Å²) >= 11 is 0. The van der Waals surface area contributed by atoms with Crippen LogP contribution in [0.15, 0.2) is 48.5 Å². The van der Waals surface area contributed by atoms with E-state index in [1.165, 1.54) is 17.7 Å². The molecule has 0 spiro atoms. The van der Waals surface area contributed by atoms with Gasteiger partial charge in [0.1, 0.15) is 5.82 Å². The number of carbonyl (C=O) groups is 1. The van der Waals surface area contributed by atoms with Gasteiger partial charge in [-0.05, 0) is 74.7 Å². The number of benzene rings is 2. The van der Waals surface area contributed by atoms with Gasteiger partial charge in [0.25, 0.3) is 0 Å². The average Bonchev–Trinajstić information content (AvgIpc) is 2.81. The Morgan fingerprint density at radius 2 is 1.75 bits per heavy atom. The molecule has 0 aromatic heterocycles. The molecule has 2 aromatic rings. The largest absolute Gasteiger partial charge is 0.493 e. The summed E-state index contributed by atoms with van der Waals surface area (Å²) in [5.41, 5.74) is 2.11. The number of halogens is 1. The van der Waals surface area contributed by atoms with Crippen LogP contribution in [0.3, 0.4) is 0 Å². The third-order valence-electron chi connectivity index (χ3n) is 5.26. The van der Waals surface area contributed by atoms with E-state index < -0.39 is 0 Å². The van der Waals surface area contributed by atoms with Gasteiger partial charge in [-0.2, -0.15) is 0 Å². The van der Waals surface area contributed by atoms with Crippen LogP contribution in [0.4, 0.5) is 4.39 Å². The molecule has 0 atom stereocenters. The number of hydrogen-bond acceptors (Lipinski definition) is 4. The predicted molar refractivity (Wildman–Crippen MR) is 128 cm³/mol. The molecule has 0 radical (unpaired) electrons. The van der Waals surface area contributed by atoms with Crippen LogP contribution in [0.25, 0.3) is 6.08 Å². The molecule has 32 heavy (non-hydrogen) atoms. The van der Waals surface area contributed by atoms with E-state index in [0.717, 1.165) is 56.0 Å². The van der Waals surface area contributed by atoms with Crippen molar-refractivity contribution in [3.05, 3.63) is 65.5 Å². The first-order chi connectivity index (χ1) is 15.6. The molecule has 2 aromatic carbocycles. The summed E-state index contributed by atoms with van der Waals surface area (Å²) in [5.74, 6) is 1.36. The molecule has 0 unspecified atom stereocenters. The van der Waals surface area contributed by atoms with Crippen molar-refractivity contribution in [2.75, 3.05) is 40.4 Å². The topological polar surface area (TPSA) is 50.8 Å². The molecule has 2 rings (SSSR count). The van der Waals surface area contributed by atoms with Crippen molar-refractivity contribution >= 4 is 12.0 Å². The SMILES string of the molecule is CCN(CCCNCCCc1ccc(OC)c(OC)c1)C(=O)C/C=C/c1ccc(F)cc1. The number of carbonyl (C=O) groups excluding carboxylic acids is 1. The fraction of sp³-hybridized carbons (Fsp3) is 0.423. The third-order valence-corrected chi connectivity index (χ3v) is 5.26. The Morgan fingerprint density at radius 3 is 2.44 bits per heavy atom. The number of hydrogen-bond donors (Lipinski definition) is 1. The van der Waals surface area contributed by atoms with Crippen molar-refractivity contribution in [1.82, 2.24) is 10.2 Å². The van der Waals surface area contributed by atoms with Gasteiger partial charge in [-0.1, -0.05) is 30.4 Å². The van der Waals surface area contributed by atoms with Gasteiger partial charge in [0.15, 0.2) is 11.5 Å². The van der Waals surface area contributed by atoms with Gasteiger partial charge < -0.3 is 19.7 Å². The van der Waals surface area contributed by atoms with Crippen molar-refractivity contribution in [1.29, 1.82) is 0 Å². The van der Waals surface area contributed by atoms with Crippen LogP contribution in [0, 0.1) is 5.82 Å². The lowest BCUT2D eigenvalue weighted by Gasteiger charge is -2.20. The fourth-order valence-electron chi connectivity index (χ4n) is 3.43. The normalized spacial score (nSPS) is 11.0. The molecule has 0 saturated carbocycles. The second-order valence-corrected chi connectivity index (χ2v) is 7.53. The molecule has 0 saturated heterocycles. The lowest BCUT2D eigenvalue weighted by atomic mass is 10.1. The van der Waals surface area contributed by atoms with Crippen molar-refractivity contribution < 1.29 is 18.7 Å². The van der Waals surface area contributed by atoms with Crippen LogP contribution in [0.2, 0.25) is 0 Å². The zero-order chi connectivity index (χ0) is 23.2. The number of methoxy groups -OCH3 is 2. The lowest BCUT2D eigenvalue weighted by molar-refractivity contribution is -0.130. The molecule has 0 fully saturated rings. The molecule has 0 aliphatic carbocycles. The van der Waals surface area contributed by atoms with E-state index in [0.29, 0.717) is 13.0 Å². The maximum absolute atomic E-state index is 12.9. The highest BCUT2D eigenvalue weighted by atomic mass is 19.1. The maximum Gasteiger partial charge on any atom is 0.226 e. The Hall–Kier alpha value is -2.86. The monoisotopic (exact) mass is 442 g/mol. The van der Waals surface area contributed by atoms with Crippen molar-refractivity contribution in [3.8, 4) is 11.5 Å². The van der Waals surface area contributed by atoms with Crippen LogP contribution < -0.4 is 14.8 Å². The van der Waals surface area contributed by atoms with Gasteiger partial charge in [-0.15, -0.1) is 0 Å². The van der Waals surface area contributed by atoms with E-state index in [1.54, 1.807) is 26.4 Å². The van der Waals surface area contributed by atoms with E-state index in [1.807, 2.05) is 36.1 Å². The van der Waals surface area contributed by atoms with Gasteiger partial charge in [0.05, 0.1) is 14.2 Å². The van der Waals surface area contributed by atoms with E-state index in [4.69, 9.17) is 9.47 Å². The van der Waals surface area contributed by atoms with Gasteiger partial charge >= 0.3 is 0 Å². The maximum atomic E-state index is 12.9. The molecule has 5 nitrogen and oxygen atoms in total. The summed E-state index contributed by atoms with van der Waals surface area (Å²) in [6.07, 6.45) is 6.95. The average molecular weight is 443 g/mol. The lowest BCUT2D eigenvalue weighted by Crippen LogP contribution is -2.33. The van der Waals surface area contributed by atoms with Crippen LogP contribution in [-0.2, 0) is 11.2 Å². The fourth-order valence-corrected chi connectivity index (χ4v) is 3.43. The number of nitrogens with zero attached hydrogens (tertiary/aromatic N) is 1. The van der Waals surface area contributed by atoms with Gasteiger partial charge in [-0.3, -0.25) is 4.79 Å². The van der Waals surface area contributed by atoms with Gasteiger partial charge in [-0.25, -0.2) is 4.39 Å². The Bertz CT molecular complexity index is 853. The van der Waals surface area contributed by atoms with E-state index >= 15 is 0 Å². The highest BCUT2D eigenvalue weighted by Crippen LogP contribution is 2.27. The van der Waals surface area contributed by atoms with Crippen LogP contribution >= 0.6 is 0 Å². The molecule has 0 heterocycles. The summed E-state index contributed by atoms with van der Waals surface area (Å²) < 4.78 is 23.6. The number of ether oxygens (including phenoxy) is 2. The first-order valence-corrected chi connectivity index (χ1v) is 11.2. The second kappa shape index (κ2) is 14.2. The Balaban J connectivity index is 1.61. The van der Waals surface area contributed by atoms with Crippen LogP contribution in [0.5, 0.6) is 11.5 Å². The zero-order valence-electron chi connectivity index (χ0n) is 19.4. The Kier molecular flexibility index (Phi) is 11.3. The first-order valence-electron chi connectivity index (χ1n) is 11.2. The number of amides is 1. The molecule has 6 heteroatoms. The molecule has 0 aliphatic heterocycles. The summed E-state index contributed by atoms with van der Waals surface area (Å²) in [4.78, 5) is 14.3. The molecule has 0 aliphatic rings. The highest BCUT2D eigenvalue weighted by Gasteiger charge is 2.09. The van der Waals surface area contributed by atoms with Crippen molar-refractivity contribution in [3.63, 3.8) is 0 Å². The molecule has 1 N–H and O–H groups in total. The highest BCUT2D eigenvalue weighted by molar-refractivity contribution is 5.78. The van der Waals surface area contributed by atoms with Crippen LogP contribution in [0.1, 0.15) is 37.3 Å². The number of rotatable bonds is 14. The van der Waals surface area contributed by atoms with E-state index in [2.05, 4.69) is 11.4 Å². The summed E-state index contributed by atoms with van der Waals surface area (Å²) in [6, 6.07) is 12.3. The minimum atomic E-state index is -0.259. The van der Waals surface area contributed by atoms with Crippen molar-refractivity contribution in [2.45, 2.75) is 32.6 Å². The minimum absolute atomic E-state index is 0.110. The van der Waals surface area contributed by atoms with E-state index in [-0.39, 0.29) is 11.7 Å². The Labute approximate surface area is 191 Å². The second-order valence-electron chi connectivity index (χ2n) is 7.53. The zero-order valence-corrected chi connectivity index (χ0v) is 19.4. The van der Waals surface area contributed by atoms with Gasteiger partial charge in [0.2, 0.25) is 5.91 Å². The number of nitrogens with one attached hydrogen (secondary N) is 1.